The van der Waals surface area contributed by atoms with Crippen LogP contribution in [0, 0.1) is 5.92 Å². The Kier molecular flexibility index (Phi) is 5.41. The lowest BCUT2D eigenvalue weighted by molar-refractivity contribution is -0.126. The molecule has 0 heterocycles. The molecule has 2 atom stereocenters. The first-order valence-electron chi connectivity index (χ1n) is 7.37. The minimum absolute atomic E-state index is 0.00775. The predicted molar refractivity (Wildman–Crippen MR) is 79.4 cm³/mol. The molecule has 0 spiro atoms. The summed E-state index contributed by atoms with van der Waals surface area (Å²) in [5.41, 5.74) is 7.18. The second-order valence-electron chi connectivity index (χ2n) is 5.47. The number of benzene rings is 1. The van der Waals surface area contributed by atoms with Crippen LogP contribution in [-0.2, 0) is 11.3 Å². The number of amides is 1. The molecule has 0 saturated heterocycles. The fourth-order valence-electron chi connectivity index (χ4n) is 2.73. The number of carbonyl (C=O) groups excluding carboxylic acids is 1. The highest BCUT2D eigenvalue weighted by molar-refractivity contribution is 5.79. The minimum Gasteiger partial charge on any atom is -0.497 e. The van der Waals surface area contributed by atoms with E-state index in [1.807, 2.05) is 24.3 Å². The molecule has 4 nitrogen and oxygen atoms in total. The Morgan fingerprint density at radius 3 is 2.65 bits per heavy atom. The minimum atomic E-state index is -0.0317. The van der Waals surface area contributed by atoms with E-state index in [-0.39, 0.29) is 17.9 Å². The number of rotatable bonds is 4. The highest BCUT2D eigenvalue weighted by Crippen LogP contribution is 2.22. The zero-order valence-electron chi connectivity index (χ0n) is 12.1. The summed E-state index contributed by atoms with van der Waals surface area (Å²) >= 11 is 0. The highest BCUT2D eigenvalue weighted by atomic mass is 16.5. The zero-order valence-corrected chi connectivity index (χ0v) is 12.1. The zero-order chi connectivity index (χ0) is 14.4. The summed E-state index contributed by atoms with van der Waals surface area (Å²) in [6.45, 7) is 0.548. The van der Waals surface area contributed by atoms with Gasteiger partial charge in [0.25, 0.3) is 0 Å². The van der Waals surface area contributed by atoms with Gasteiger partial charge in [-0.15, -0.1) is 0 Å². The van der Waals surface area contributed by atoms with Crippen LogP contribution in [0.2, 0.25) is 0 Å². The Morgan fingerprint density at radius 1 is 1.25 bits per heavy atom. The second kappa shape index (κ2) is 7.29. The molecule has 0 bridgehead atoms. The van der Waals surface area contributed by atoms with Crippen molar-refractivity contribution >= 4 is 5.91 Å². The van der Waals surface area contributed by atoms with Crippen LogP contribution in [-0.4, -0.2) is 19.1 Å². The molecular formula is C16H24N2O2. The highest BCUT2D eigenvalue weighted by Gasteiger charge is 2.26. The average molecular weight is 276 g/mol. The van der Waals surface area contributed by atoms with E-state index in [0.29, 0.717) is 6.54 Å². The van der Waals surface area contributed by atoms with Crippen LogP contribution in [0.25, 0.3) is 0 Å². The Balaban J connectivity index is 1.86. The number of hydrogen-bond donors (Lipinski definition) is 2. The van der Waals surface area contributed by atoms with Crippen molar-refractivity contribution in [3.63, 3.8) is 0 Å². The quantitative estimate of drug-likeness (QED) is 0.829. The third kappa shape index (κ3) is 3.97. The number of hydrogen-bond acceptors (Lipinski definition) is 3. The molecule has 0 radical (unpaired) electrons. The lowest BCUT2D eigenvalue weighted by Crippen LogP contribution is -2.41. The molecule has 1 aliphatic carbocycles. The molecular weight excluding hydrogens is 252 g/mol. The van der Waals surface area contributed by atoms with E-state index < -0.39 is 0 Å². The molecule has 1 aromatic rings. The number of methoxy groups -OCH3 is 1. The first kappa shape index (κ1) is 14.9. The van der Waals surface area contributed by atoms with Gasteiger partial charge in [0.1, 0.15) is 5.75 Å². The molecule has 0 aliphatic heterocycles. The maximum absolute atomic E-state index is 12.2. The van der Waals surface area contributed by atoms with Crippen molar-refractivity contribution in [3.8, 4) is 5.75 Å². The Bertz CT molecular complexity index is 431. The van der Waals surface area contributed by atoms with E-state index in [1.54, 1.807) is 7.11 Å². The third-order valence-corrected chi connectivity index (χ3v) is 4.03. The van der Waals surface area contributed by atoms with Crippen LogP contribution in [0.1, 0.15) is 37.7 Å². The van der Waals surface area contributed by atoms with Gasteiger partial charge < -0.3 is 15.8 Å². The molecule has 3 N–H and O–H groups in total. The Morgan fingerprint density at radius 2 is 1.95 bits per heavy atom. The molecule has 1 amide bonds. The van der Waals surface area contributed by atoms with Gasteiger partial charge in [0, 0.05) is 12.6 Å². The second-order valence-corrected chi connectivity index (χ2v) is 5.47. The van der Waals surface area contributed by atoms with Crippen molar-refractivity contribution in [3.05, 3.63) is 29.8 Å². The third-order valence-electron chi connectivity index (χ3n) is 4.03. The predicted octanol–water partition coefficient (Wildman–Crippen LogP) is 2.22. The lowest BCUT2D eigenvalue weighted by Gasteiger charge is -2.20. The molecule has 0 aromatic heterocycles. The van der Waals surface area contributed by atoms with Crippen molar-refractivity contribution in [1.29, 1.82) is 0 Å². The van der Waals surface area contributed by atoms with Gasteiger partial charge in [0.15, 0.2) is 0 Å². The van der Waals surface area contributed by atoms with Gasteiger partial charge in [-0.1, -0.05) is 31.4 Å². The summed E-state index contributed by atoms with van der Waals surface area (Å²) in [6, 6.07) is 7.74. The van der Waals surface area contributed by atoms with Crippen LogP contribution in [0.5, 0.6) is 5.75 Å². The van der Waals surface area contributed by atoms with Crippen LogP contribution >= 0.6 is 0 Å². The normalized spacial score (nSPS) is 22.9. The van der Waals surface area contributed by atoms with Crippen molar-refractivity contribution < 1.29 is 9.53 Å². The van der Waals surface area contributed by atoms with Crippen molar-refractivity contribution in [2.45, 2.75) is 44.7 Å². The fraction of sp³-hybridized carbons (Fsp3) is 0.562. The number of nitrogens with one attached hydrogen (secondary N) is 1. The van der Waals surface area contributed by atoms with Gasteiger partial charge in [-0.2, -0.15) is 0 Å². The molecule has 1 fully saturated rings. The Hall–Kier alpha value is -1.55. The summed E-state index contributed by atoms with van der Waals surface area (Å²) < 4.78 is 5.11. The van der Waals surface area contributed by atoms with Gasteiger partial charge in [-0.05, 0) is 30.5 Å². The maximum atomic E-state index is 12.2. The monoisotopic (exact) mass is 276 g/mol. The molecule has 2 unspecified atom stereocenters. The summed E-state index contributed by atoms with van der Waals surface area (Å²) in [6.07, 6.45) is 5.31. The fourth-order valence-corrected chi connectivity index (χ4v) is 2.73. The number of nitrogens with two attached hydrogens (primary N) is 1. The van der Waals surface area contributed by atoms with E-state index in [9.17, 15) is 4.79 Å². The van der Waals surface area contributed by atoms with Crippen molar-refractivity contribution in [1.82, 2.24) is 5.32 Å². The molecule has 20 heavy (non-hydrogen) atoms. The number of carbonyl (C=O) groups is 1. The van der Waals surface area contributed by atoms with Gasteiger partial charge >= 0.3 is 0 Å². The first-order valence-corrected chi connectivity index (χ1v) is 7.37. The molecule has 1 aliphatic rings. The summed E-state index contributed by atoms with van der Waals surface area (Å²) in [5, 5.41) is 3.00. The van der Waals surface area contributed by atoms with E-state index in [1.165, 1.54) is 6.42 Å². The van der Waals surface area contributed by atoms with Crippen LogP contribution in [0.3, 0.4) is 0 Å². The molecule has 2 rings (SSSR count). The smallest absolute Gasteiger partial charge is 0.224 e. The standard InChI is InChI=1S/C16H24N2O2/c1-20-13-9-7-12(8-10-13)11-18-16(19)14-5-3-2-4-6-15(14)17/h7-10,14-15H,2-6,11,17H2,1H3,(H,18,19). The maximum Gasteiger partial charge on any atom is 0.224 e. The molecule has 1 saturated carbocycles. The largest absolute Gasteiger partial charge is 0.497 e. The van der Waals surface area contributed by atoms with Crippen molar-refractivity contribution in [2.24, 2.45) is 11.7 Å². The summed E-state index contributed by atoms with van der Waals surface area (Å²) in [5.74, 6) is 0.886. The molecule has 1 aromatic carbocycles. The van der Waals surface area contributed by atoms with Gasteiger partial charge in [0.2, 0.25) is 5.91 Å². The summed E-state index contributed by atoms with van der Waals surface area (Å²) in [7, 11) is 1.64. The van der Waals surface area contributed by atoms with Gasteiger partial charge in [0.05, 0.1) is 13.0 Å². The first-order chi connectivity index (χ1) is 9.70. The van der Waals surface area contributed by atoms with Crippen LogP contribution in [0.4, 0.5) is 0 Å². The Labute approximate surface area is 120 Å². The van der Waals surface area contributed by atoms with Crippen LogP contribution < -0.4 is 15.8 Å². The van der Waals surface area contributed by atoms with E-state index >= 15 is 0 Å². The van der Waals surface area contributed by atoms with Gasteiger partial charge in [-0.3, -0.25) is 4.79 Å². The van der Waals surface area contributed by atoms with Crippen molar-refractivity contribution in [2.75, 3.05) is 7.11 Å². The molecule has 4 heteroatoms. The van der Waals surface area contributed by atoms with E-state index in [0.717, 1.165) is 37.0 Å². The molecule has 110 valence electrons. The topological polar surface area (TPSA) is 64.3 Å². The average Bonchev–Trinajstić information content (AvgIpc) is 2.70. The van der Waals surface area contributed by atoms with E-state index in [4.69, 9.17) is 10.5 Å². The summed E-state index contributed by atoms with van der Waals surface area (Å²) in [4.78, 5) is 12.2. The van der Waals surface area contributed by atoms with Crippen LogP contribution in [0.15, 0.2) is 24.3 Å². The van der Waals surface area contributed by atoms with E-state index in [2.05, 4.69) is 5.32 Å². The lowest BCUT2D eigenvalue weighted by atomic mass is 9.94. The number of ether oxygens (including phenoxy) is 1. The SMILES string of the molecule is COc1ccc(CNC(=O)C2CCCCCC2N)cc1. The van der Waals surface area contributed by atoms with Gasteiger partial charge in [-0.25, -0.2) is 0 Å².